The number of hydrogen-bond donors (Lipinski definition) is 3. The van der Waals surface area contributed by atoms with Gasteiger partial charge in [-0.15, -0.1) is 5.10 Å². The second-order valence-electron chi connectivity index (χ2n) is 8.19. The van der Waals surface area contributed by atoms with E-state index in [-0.39, 0.29) is 36.9 Å². The summed E-state index contributed by atoms with van der Waals surface area (Å²) in [5.41, 5.74) is 8.38. The summed E-state index contributed by atoms with van der Waals surface area (Å²) in [4.78, 5) is 12.7. The molecule has 32 heavy (non-hydrogen) atoms. The predicted molar refractivity (Wildman–Crippen MR) is 118 cm³/mol. The molecule has 0 aliphatic carbocycles. The fourth-order valence-electron chi connectivity index (χ4n) is 4.13. The maximum Gasteiger partial charge on any atom is 0.336 e. The van der Waals surface area contributed by atoms with Crippen LogP contribution < -0.4 is 15.8 Å². The molecule has 0 amide bonds. The van der Waals surface area contributed by atoms with Crippen molar-refractivity contribution in [3.8, 4) is 6.01 Å². The maximum atomic E-state index is 14.8. The van der Waals surface area contributed by atoms with E-state index in [1.807, 2.05) is 13.0 Å². The molecule has 1 fully saturated rings. The van der Waals surface area contributed by atoms with Crippen molar-refractivity contribution in [2.45, 2.75) is 57.5 Å². The number of anilines is 1. The van der Waals surface area contributed by atoms with Gasteiger partial charge in [0, 0.05) is 36.6 Å². The molecule has 1 saturated heterocycles. The van der Waals surface area contributed by atoms with Gasteiger partial charge in [0.2, 0.25) is 5.95 Å². The Kier molecular flexibility index (Phi) is 7.11. The number of ether oxygens (including phenoxy) is 1. The molecule has 1 aliphatic heterocycles. The van der Waals surface area contributed by atoms with E-state index >= 15 is 0 Å². The van der Waals surface area contributed by atoms with Crippen molar-refractivity contribution in [3.05, 3.63) is 41.2 Å². The lowest BCUT2D eigenvalue weighted by Gasteiger charge is -2.22. The van der Waals surface area contributed by atoms with Gasteiger partial charge in [-0.25, -0.2) is 14.5 Å². The molecule has 4 heterocycles. The number of aromatic nitrogens is 5. The van der Waals surface area contributed by atoms with Gasteiger partial charge in [0.1, 0.15) is 6.10 Å². The number of aliphatic hydroxyl groups is 1. The van der Waals surface area contributed by atoms with Crippen molar-refractivity contribution < 1.29 is 14.2 Å². The van der Waals surface area contributed by atoms with Gasteiger partial charge >= 0.3 is 6.01 Å². The molecular formula is C22H30FN7O2. The molecule has 10 heteroatoms. The van der Waals surface area contributed by atoms with Crippen molar-refractivity contribution in [1.82, 2.24) is 29.9 Å². The fourth-order valence-corrected chi connectivity index (χ4v) is 4.13. The van der Waals surface area contributed by atoms with Crippen molar-refractivity contribution in [3.63, 3.8) is 0 Å². The summed E-state index contributed by atoms with van der Waals surface area (Å²) in [6.07, 6.45) is 5.74. The van der Waals surface area contributed by atoms with Gasteiger partial charge in [0.05, 0.1) is 11.9 Å². The summed E-state index contributed by atoms with van der Waals surface area (Å²) >= 11 is 0. The smallest absolute Gasteiger partial charge is 0.336 e. The van der Waals surface area contributed by atoms with E-state index in [1.54, 1.807) is 16.8 Å². The molecule has 0 bridgehead atoms. The molecule has 3 aromatic heterocycles. The number of aliphatic hydroxyl groups excluding tert-OH is 1. The Morgan fingerprint density at radius 2 is 2.09 bits per heavy atom. The third-order valence-electron chi connectivity index (χ3n) is 5.85. The first kappa shape index (κ1) is 22.3. The summed E-state index contributed by atoms with van der Waals surface area (Å²) in [7, 11) is 0. The average Bonchev–Trinajstić information content (AvgIpc) is 3.19. The molecule has 172 valence electrons. The molecule has 1 atom stereocenters. The van der Waals surface area contributed by atoms with Gasteiger partial charge in [0.15, 0.2) is 11.5 Å². The van der Waals surface area contributed by atoms with Crippen LogP contribution in [0.2, 0.25) is 0 Å². The van der Waals surface area contributed by atoms with E-state index in [0.29, 0.717) is 23.3 Å². The third kappa shape index (κ3) is 4.97. The summed E-state index contributed by atoms with van der Waals surface area (Å²) in [6, 6.07) is 3.82. The lowest BCUT2D eigenvalue weighted by atomic mass is 9.94. The first-order chi connectivity index (χ1) is 15.6. The van der Waals surface area contributed by atoms with Gasteiger partial charge in [-0.3, -0.25) is 0 Å². The lowest BCUT2D eigenvalue weighted by Crippen LogP contribution is -2.27. The highest BCUT2D eigenvalue weighted by molar-refractivity contribution is 5.59. The SMILES string of the molecule is CCCC(CCO)Oc1nc(N)c2ncc(Cc3ccc(C4CCNCC4)nc3F)n2n1. The minimum absolute atomic E-state index is 0.0123. The van der Waals surface area contributed by atoms with Crippen molar-refractivity contribution in [1.29, 1.82) is 0 Å². The van der Waals surface area contributed by atoms with Gasteiger partial charge in [-0.1, -0.05) is 19.4 Å². The number of nitrogen functional groups attached to an aromatic ring is 1. The first-order valence-electron chi connectivity index (χ1n) is 11.2. The molecule has 0 radical (unpaired) electrons. The van der Waals surface area contributed by atoms with Crippen LogP contribution in [0, 0.1) is 5.95 Å². The molecule has 3 aromatic rings. The number of rotatable bonds is 9. The van der Waals surface area contributed by atoms with Crippen LogP contribution >= 0.6 is 0 Å². The summed E-state index contributed by atoms with van der Waals surface area (Å²) in [5.74, 6) is -0.00128. The average molecular weight is 444 g/mol. The zero-order valence-electron chi connectivity index (χ0n) is 18.3. The van der Waals surface area contributed by atoms with E-state index in [4.69, 9.17) is 10.5 Å². The zero-order valence-corrected chi connectivity index (χ0v) is 18.3. The van der Waals surface area contributed by atoms with Gasteiger partial charge in [-0.05, 0) is 38.4 Å². The second kappa shape index (κ2) is 10.2. The van der Waals surface area contributed by atoms with Crippen molar-refractivity contribution in [2.24, 2.45) is 0 Å². The molecule has 1 unspecified atom stereocenters. The highest BCUT2D eigenvalue weighted by Crippen LogP contribution is 2.25. The van der Waals surface area contributed by atoms with Crippen LogP contribution in [0.1, 0.15) is 61.9 Å². The van der Waals surface area contributed by atoms with Crippen LogP contribution in [0.3, 0.4) is 0 Å². The van der Waals surface area contributed by atoms with Gasteiger partial charge in [-0.2, -0.15) is 9.37 Å². The topological polar surface area (TPSA) is 123 Å². The maximum absolute atomic E-state index is 14.8. The predicted octanol–water partition coefficient (Wildman–Crippen LogP) is 2.23. The standard InChI is InChI=1S/C22H30FN7O2/c1-2-3-17(8-11-31)32-22-28-20(24)21-26-13-16(30(21)29-22)12-15-4-5-18(27-19(15)23)14-6-9-25-10-7-14/h4-5,13-14,17,25,31H,2-3,6-12H2,1H3,(H2,24,28,29). The molecule has 1 aliphatic rings. The van der Waals surface area contributed by atoms with Crippen molar-refractivity contribution >= 4 is 11.5 Å². The Bertz CT molecular complexity index is 1050. The van der Waals surface area contributed by atoms with E-state index in [2.05, 4.69) is 25.4 Å². The molecule has 0 spiro atoms. The molecule has 0 saturated carbocycles. The quantitative estimate of drug-likeness (QED) is 0.430. The number of fused-ring (bicyclic) bond motifs is 1. The van der Waals surface area contributed by atoms with E-state index < -0.39 is 5.95 Å². The minimum atomic E-state index is -0.472. The molecule has 4 N–H and O–H groups in total. The molecule has 9 nitrogen and oxygen atoms in total. The van der Waals surface area contributed by atoms with Gasteiger partial charge < -0.3 is 20.9 Å². The number of nitrogens with one attached hydrogen (secondary N) is 1. The number of hydrogen-bond acceptors (Lipinski definition) is 8. The number of pyridine rings is 1. The van der Waals surface area contributed by atoms with Crippen LogP contribution in [0.25, 0.3) is 5.65 Å². The Morgan fingerprint density at radius 3 is 2.81 bits per heavy atom. The van der Waals surface area contributed by atoms with E-state index in [0.717, 1.165) is 44.5 Å². The number of nitrogens with two attached hydrogens (primary N) is 1. The molecule has 0 aromatic carbocycles. The van der Waals surface area contributed by atoms with Crippen LogP contribution in [-0.4, -0.2) is 55.5 Å². The minimum Gasteiger partial charge on any atom is -0.459 e. The van der Waals surface area contributed by atoms with Crippen LogP contribution in [0.5, 0.6) is 6.01 Å². The van der Waals surface area contributed by atoms with Crippen LogP contribution in [-0.2, 0) is 6.42 Å². The summed E-state index contributed by atoms with van der Waals surface area (Å²) in [6.45, 7) is 3.92. The highest BCUT2D eigenvalue weighted by Gasteiger charge is 2.20. The summed E-state index contributed by atoms with van der Waals surface area (Å²) < 4.78 is 22.2. The Labute approximate surface area is 186 Å². The number of piperidine rings is 1. The van der Waals surface area contributed by atoms with E-state index in [9.17, 15) is 9.50 Å². The fraction of sp³-hybridized carbons (Fsp3) is 0.545. The Balaban J connectivity index is 1.57. The lowest BCUT2D eigenvalue weighted by molar-refractivity contribution is 0.133. The first-order valence-corrected chi connectivity index (χ1v) is 11.2. The largest absolute Gasteiger partial charge is 0.459 e. The summed E-state index contributed by atoms with van der Waals surface area (Å²) in [5, 5.41) is 17.0. The third-order valence-corrected chi connectivity index (χ3v) is 5.85. The molecule has 4 rings (SSSR count). The monoisotopic (exact) mass is 443 g/mol. The Morgan fingerprint density at radius 1 is 1.28 bits per heavy atom. The molecular weight excluding hydrogens is 413 g/mol. The normalized spacial score (nSPS) is 15.8. The number of imidazole rings is 1. The number of halogens is 1. The highest BCUT2D eigenvalue weighted by atomic mass is 19.1. The van der Waals surface area contributed by atoms with E-state index in [1.165, 1.54) is 0 Å². The van der Waals surface area contributed by atoms with Crippen molar-refractivity contribution in [2.75, 3.05) is 25.4 Å². The zero-order chi connectivity index (χ0) is 22.5. The van der Waals surface area contributed by atoms with Gasteiger partial charge in [0.25, 0.3) is 0 Å². The second-order valence-corrected chi connectivity index (χ2v) is 8.19. The van der Waals surface area contributed by atoms with Crippen LogP contribution in [0.15, 0.2) is 18.3 Å². The number of nitrogens with zero attached hydrogens (tertiary/aromatic N) is 5. The Hall–Kier alpha value is -2.85. The van der Waals surface area contributed by atoms with Crippen LogP contribution in [0.4, 0.5) is 10.2 Å².